The third-order valence-corrected chi connectivity index (χ3v) is 6.20. The number of amides is 2. The lowest BCUT2D eigenvalue weighted by molar-refractivity contribution is -0.136. The smallest absolute Gasteiger partial charge is 0.250 e. The molecule has 1 saturated carbocycles. The molecule has 0 aromatic carbocycles. The van der Waals surface area contributed by atoms with Crippen LogP contribution in [0.2, 0.25) is 0 Å². The van der Waals surface area contributed by atoms with Gasteiger partial charge in [-0.15, -0.1) is 0 Å². The molecule has 4 rings (SSSR count). The Morgan fingerprint density at radius 3 is 2.54 bits per heavy atom. The van der Waals surface area contributed by atoms with Gasteiger partial charge in [0.1, 0.15) is 0 Å². The number of piperidine rings is 1. The van der Waals surface area contributed by atoms with Crippen molar-refractivity contribution in [1.29, 1.82) is 0 Å². The van der Waals surface area contributed by atoms with Crippen molar-refractivity contribution in [2.75, 3.05) is 19.6 Å². The van der Waals surface area contributed by atoms with Crippen LogP contribution in [0.5, 0.6) is 0 Å². The Kier molecular flexibility index (Phi) is 4.78. The first-order chi connectivity index (χ1) is 12.6. The van der Waals surface area contributed by atoms with Crippen molar-refractivity contribution in [1.82, 2.24) is 19.8 Å². The summed E-state index contributed by atoms with van der Waals surface area (Å²) in [5.74, 6) is 0.313. The van der Waals surface area contributed by atoms with Gasteiger partial charge in [-0.1, -0.05) is 12.8 Å². The first-order valence-electron chi connectivity index (χ1n) is 9.74. The van der Waals surface area contributed by atoms with Gasteiger partial charge < -0.3 is 14.8 Å². The van der Waals surface area contributed by atoms with E-state index < -0.39 is 0 Å². The van der Waals surface area contributed by atoms with Gasteiger partial charge in [0.25, 0.3) is 5.56 Å². The standard InChI is InChI=1S/C19H26N4O3/c24-17-10-16(20-12-21-17)13-5-7-22(8-6-13)19(26)14-9-18(25)23(11-14)15-3-1-2-4-15/h10,12-15H,1-9,11H2,(H,20,21,24)/t14-/m0/s1. The van der Waals surface area contributed by atoms with Crippen molar-refractivity contribution in [3.63, 3.8) is 0 Å². The number of hydrogen-bond donors (Lipinski definition) is 1. The minimum Gasteiger partial charge on any atom is -0.342 e. The highest BCUT2D eigenvalue weighted by atomic mass is 16.2. The molecule has 2 aliphatic heterocycles. The summed E-state index contributed by atoms with van der Waals surface area (Å²) in [5, 5.41) is 0. The Balaban J connectivity index is 1.34. The normalized spacial score (nSPS) is 25.2. The highest BCUT2D eigenvalue weighted by Gasteiger charge is 2.40. The molecular formula is C19H26N4O3. The Labute approximate surface area is 152 Å². The second-order valence-electron chi connectivity index (χ2n) is 7.82. The monoisotopic (exact) mass is 358 g/mol. The number of rotatable bonds is 3. The molecule has 2 amide bonds. The third-order valence-electron chi connectivity index (χ3n) is 6.20. The second kappa shape index (κ2) is 7.21. The number of carbonyl (C=O) groups excluding carboxylic acids is 2. The molecule has 7 nitrogen and oxygen atoms in total. The van der Waals surface area contributed by atoms with E-state index in [0.717, 1.165) is 31.4 Å². The number of aromatic amines is 1. The maximum Gasteiger partial charge on any atom is 0.250 e. The molecule has 3 heterocycles. The van der Waals surface area contributed by atoms with Crippen molar-refractivity contribution >= 4 is 11.8 Å². The average Bonchev–Trinajstić information content (AvgIpc) is 3.31. The molecule has 0 radical (unpaired) electrons. The minimum absolute atomic E-state index is 0.121. The Morgan fingerprint density at radius 1 is 1.12 bits per heavy atom. The summed E-state index contributed by atoms with van der Waals surface area (Å²) in [4.78, 5) is 47.3. The molecule has 1 atom stereocenters. The van der Waals surface area contributed by atoms with Gasteiger partial charge in [-0.3, -0.25) is 14.4 Å². The van der Waals surface area contributed by atoms with Gasteiger partial charge >= 0.3 is 0 Å². The molecule has 3 fully saturated rings. The highest BCUT2D eigenvalue weighted by molar-refractivity contribution is 5.89. The van der Waals surface area contributed by atoms with Crippen LogP contribution in [0.25, 0.3) is 0 Å². The van der Waals surface area contributed by atoms with Crippen LogP contribution in [0.15, 0.2) is 17.2 Å². The predicted molar refractivity (Wildman–Crippen MR) is 95.5 cm³/mol. The summed E-state index contributed by atoms with van der Waals surface area (Å²) in [6.45, 7) is 1.94. The van der Waals surface area contributed by atoms with Gasteiger partial charge in [0.2, 0.25) is 11.8 Å². The molecule has 0 bridgehead atoms. The summed E-state index contributed by atoms with van der Waals surface area (Å²) in [6.07, 6.45) is 7.99. The maximum absolute atomic E-state index is 12.9. The lowest BCUT2D eigenvalue weighted by Gasteiger charge is -2.33. The van der Waals surface area contributed by atoms with E-state index in [9.17, 15) is 14.4 Å². The van der Waals surface area contributed by atoms with Gasteiger partial charge in [-0.2, -0.15) is 0 Å². The summed E-state index contributed by atoms with van der Waals surface area (Å²) in [5.41, 5.74) is 0.675. The van der Waals surface area contributed by atoms with Gasteiger partial charge in [0, 0.05) is 44.1 Å². The molecule has 3 aliphatic rings. The number of hydrogen-bond acceptors (Lipinski definition) is 4. The van der Waals surface area contributed by atoms with E-state index in [-0.39, 0.29) is 29.2 Å². The topological polar surface area (TPSA) is 86.4 Å². The van der Waals surface area contributed by atoms with Crippen molar-refractivity contribution < 1.29 is 9.59 Å². The minimum atomic E-state index is -0.183. The van der Waals surface area contributed by atoms with Crippen LogP contribution in [0.1, 0.15) is 56.6 Å². The zero-order valence-corrected chi connectivity index (χ0v) is 15.0. The number of carbonyl (C=O) groups is 2. The molecule has 140 valence electrons. The summed E-state index contributed by atoms with van der Waals surface area (Å²) in [6, 6.07) is 1.91. The van der Waals surface area contributed by atoms with Crippen molar-refractivity contribution in [3.8, 4) is 0 Å². The number of nitrogens with zero attached hydrogens (tertiary/aromatic N) is 3. The van der Waals surface area contributed by atoms with Gasteiger partial charge in [-0.25, -0.2) is 4.98 Å². The van der Waals surface area contributed by atoms with Crippen molar-refractivity contribution in [3.05, 3.63) is 28.4 Å². The zero-order chi connectivity index (χ0) is 18.1. The molecular weight excluding hydrogens is 332 g/mol. The lowest BCUT2D eigenvalue weighted by Crippen LogP contribution is -2.42. The van der Waals surface area contributed by atoms with E-state index in [1.807, 2.05) is 9.80 Å². The second-order valence-corrected chi connectivity index (χ2v) is 7.82. The van der Waals surface area contributed by atoms with E-state index in [0.29, 0.717) is 32.1 Å². The summed E-state index contributed by atoms with van der Waals surface area (Å²) in [7, 11) is 0. The van der Waals surface area contributed by atoms with Crippen LogP contribution in [-0.4, -0.2) is 57.3 Å². The molecule has 26 heavy (non-hydrogen) atoms. The molecule has 2 saturated heterocycles. The maximum atomic E-state index is 12.9. The van der Waals surface area contributed by atoms with E-state index in [4.69, 9.17) is 0 Å². The van der Waals surface area contributed by atoms with Crippen LogP contribution in [0, 0.1) is 5.92 Å². The molecule has 1 aliphatic carbocycles. The van der Waals surface area contributed by atoms with E-state index in [1.165, 1.54) is 19.2 Å². The Morgan fingerprint density at radius 2 is 1.85 bits per heavy atom. The number of H-pyrrole nitrogens is 1. The molecule has 1 N–H and O–H groups in total. The first-order valence-corrected chi connectivity index (χ1v) is 9.74. The summed E-state index contributed by atoms with van der Waals surface area (Å²) < 4.78 is 0. The highest BCUT2D eigenvalue weighted by Crippen LogP contribution is 2.32. The SMILES string of the molecule is O=C([C@H]1CC(=O)N(C2CCCC2)C1)N1CCC(c2cc(=O)[nH]cn2)CC1. The number of aromatic nitrogens is 2. The third kappa shape index (κ3) is 3.39. The largest absolute Gasteiger partial charge is 0.342 e. The molecule has 1 aromatic rings. The molecule has 0 spiro atoms. The molecule has 0 unspecified atom stereocenters. The lowest BCUT2D eigenvalue weighted by atomic mass is 9.92. The average molecular weight is 358 g/mol. The van der Waals surface area contributed by atoms with Crippen LogP contribution < -0.4 is 5.56 Å². The fourth-order valence-corrected chi connectivity index (χ4v) is 4.73. The van der Waals surface area contributed by atoms with Gasteiger partial charge in [0.15, 0.2) is 0 Å². The van der Waals surface area contributed by atoms with Crippen LogP contribution in [0.4, 0.5) is 0 Å². The van der Waals surface area contributed by atoms with Crippen LogP contribution in [-0.2, 0) is 9.59 Å². The molecule has 7 heteroatoms. The van der Waals surface area contributed by atoms with Crippen LogP contribution in [0.3, 0.4) is 0 Å². The quantitative estimate of drug-likeness (QED) is 0.881. The Hall–Kier alpha value is -2.18. The van der Waals surface area contributed by atoms with Gasteiger partial charge in [-0.05, 0) is 25.7 Å². The van der Waals surface area contributed by atoms with Crippen LogP contribution >= 0.6 is 0 Å². The predicted octanol–water partition coefficient (Wildman–Crippen LogP) is 1.27. The summed E-state index contributed by atoms with van der Waals surface area (Å²) >= 11 is 0. The zero-order valence-electron chi connectivity index (χ0n) is 15.0. The first kappa shape index (κ1) is 17.2. The van der Waals surface area contributed by atoms with E-state index >= 15 is 0 Å². The fraction of sp³-hybridized carbons (Fsp3) is 0.684. The van der Waals surface area contributed by atoms with E-state index in [2.05, 4.69) is 9.97 Å². The molecule has 1 aromatic heterocycles. The number of likely N-dealkylation sites (tertiary alicyclic amines) is 2. The Bertz CT molecular complexity index is 732. The number of nitrogens with one attached hydrogen (secondary N) is 1. The van der Waals surface area contributed by atoms with Crippen molar-refractivity contribution in [2.45, 2.75) is 56.9 Å². The van der Waals surface area contributed by atoms with Crippen molar-refractivity contribution in [2.24, 2.45) is 5.92 Å². The van der Waals surface area contributed by atoms with E-state index in [1.54, 1.807) is 6.07 Å². The fourth-order valence-electron chi connectivity index (χ4n) is 4.73. The van der Waals surface area contributed by atoms with Gasteiger partial charge in [0.05, 0.1) is 17.9 Å².